The van der Waals surface area contributed by atoms with Crippen LogP contribution in [0, 0.1) is 0 Å². The maximum absolute atomic E-state index is 10.6. The molecule has 2 rings (SSSR count). The first-order valence-electron chi connectivity index (χ1n) is 5.03. The quantitative estimate of drug-likeness (QED) is 0.662. The molecule has 74 valence electrons. The summed E-state index contributed by atoms with van der Waals surface area (Å²) in [6, 6.07) is 7.96. The van der Waals surface area contributed by atoms with Gasteiger partial charge in [0.2, 0.25) is 0 Å². The van der Waals surface area contributed by atoms with E-state index in [0.29, 0.717) is 5.92 Å². The number of hydrogen-bond donors (Lipinski definition) is 0. The lowest BCUT2D eigenvalue weighted by atomic mass is 9.97. The van der Waals surface area contributed by atoms with Gasteiger partial charge in [-0.3, -0.25) is 4.79 Å². The Morgan fingerprint density at radius 3 is 3.00 bits per heavy atom. The van der Waals surface area contributed by atoms with Crippen LogP contribution in [0.15, 0.2) is 24.3 Å². The standard InChI is InChI=1S/C12H15NO/c1-13-6-5-12(8-13)11-4-2-3-10(7-11)9-14/h2-4,7,9,12H,5-6,8H2,1H3. The Morgan fingerprint density at radius 1 is 1.50 bits per heavy atom. The number of benzene rings is 1. The minimum Gasteiger partial charge on any atom is -0.306 e. The van der Waals surface area contributed by atoms with Gasteiger partial charge < -0.3 is 4.90 Å². The van der Waals surface area contributed by atoms with E-state index in [4.69, 9.17) is 0 Å². The van der Waals surface area contributed by atoms with Gasteiger partial charge in [-0.1, -0.05) is 18.2 Å². The SMILES string of the molecule is CN1CCC(c2cccc(C=O)c2)C1. The van der Waals surface area contributed by atoms with Crippen LogP contribution in [-0.2, 0) is 0 Å². The Morgan fingerprint density at radius 2 is 2.36 bits per heavy atom. The summed E-state index contributed by atoms with van der Waals surface area (Å²) in [5.74, 6) is 0.611. The molecule has 1 saturated heterocycles. The molecule has 0 radical (unpaired) electrons. The number of aldehydes is 1. The van der Waals surface area contributed by atoms with E-state index in [2.05, 4.69) is 18.0 Å². The summed E-state index contributed by atoms with van der Waals surface area (Å²) < 4.78 is 0. The molecule has 1 aromatic rings. The van der Waals surface area contributed by atoms with Gasteiger partial charge >= 0.3 is 0 Å². The van der Waals surface area contributed by atoms with E-state index in [1.54, 1.807) is 0 Å². The van der Waals surface area contributed by atoms with Crippen LogP contribution in [0.25, 0.3) is 0 Å². The first-order chi connectivity index (χ1) is 6.79. The van der Waals surface area contributed by atoms with Gasteiger partial charge in [-0.25, -0.2) is 0 Å². The van der Waals surface area contributed by atoms with Crippen LogP contribution < -0.4 is 0 Å². The summed E-state index contributed by atoms with van der Waals surface area (Å²) in [6.07, 6.45) is 2.13. The van der Waals surface area contributed by atoms with E-state index >= 15 is 0 Å². The Kier molecular flexibility index (Phi) is 2.64. The maximum Gasteiger partial charge on any atom is 0.150 e. The van der Waals surface area contributed by atoms with Crippen molar-refractivity contribution < 1.29 is 4.79 Å². The van der Waals surface area contributed by atoms with Gasteiger partial charge in [0.1, 0.15) is 6.29 Å². The van der Waals surface area contributed by atoms with E-state index < -0.39 is 0 Å². The Labute approximate surface area is 84.5 Å². The van der Waals surface area contributed by atoms with Crippen molar-refractivity contribution in [2.24, 2.45) is 0 Å². The van der Waals surface area contributed by atoms with E-state index in [-0.39, 0.29) is 0 Å². The molecule has 1 unspecified atom stereocenters. The fraction of sp³-hybridized carbons (Fsp3) is 0.417. The van der Waals surface area contributed by atoms with Crippen molar-refractivity contribution >= 4 is 6.29 Å². The first kappa shape index (κ1) is 9.41. The van der Waals surface area contributed by atoms with Crippen LogP contribution in [0.3, 0.4) is 0 Å². The Balaban J connectivity index is 2.19. The highest BCUT2D eigenvalue weighted by Gasteiger charge is 2.20. The lowest BCUT2D eigenvalue weighted by Gasteiger charge is -2.10. The van der Waals surface area contributed by atoms with Crippen molar-refractivity contribution in [2.45, 2.75) is 12.3 Å². The average Bonchev–Trinajstić information content (AvgIpc) is 2.65. The fourth-order valence-electron chi connectivity index (χ4n) is 2.09. The number of carbonyl (C=O) groups excluding carboxylic acids is 1. The van der Waals surface area contributed by atoms with E-state index in [9.17, 15) is 4.79 Å². The number of carbonyl (C=O) groups is 1. The van der Waals surface area contributed by atoms with Crippen molar-refractivity contribution in [3.8, 4) is 0 Å². The lowest BCUT2D eigenvalue weighted by Crippen LogP contribution is -2.13. The summed E-state index contributed by atoms with van der Waals surface area (Å²) in [7, 11) is 2.14. The minimum atomic E-state index is 0.611. The largest absolute Gasteiger partial charge is 0.306 e. The maximum atomic E-state index is 10.6. The summed E-state index contributed by atoms with van der Waals surface area (Å²) in [4.78, 5) is 13.0. The van der Waals surface area contributed by atoms with Crippen LogP contribution in [-0.4, -0.2) is 31.3 Å². The van der Waals surface area contributed by atoms with Crippen molar-refractivity contribution in [1.82, 2.24) is 4.90 Å². The van der Waals surface area contributed by atoms with Crippen molar-refractivity contribution in [3.05, 3.63) is 35.4 Å². The highest BCUT2D eigenvalue weighted by molar-refractivity contribution is 5.75. The third-order valence-corrected chi connectivity index (χ3v) is 2.91. The molecular formula is C12H15NO. The molecule has 0 saturated carbocycles. The minimum absolute atomic E-state index is 0.611. The van der Waals surface area contributed by atoms with Gasteiger partial charge in [-0.2, -0.15) is 0 Å². The molecule has 0 aliphatic carbocycles. The molecule has 1 aromatic carbocycles. The normalized spacial score (nSPS) is 22.5. The zero-order valence-electron chi connectivity index (χ0n) is 8.44. The van der Waals surface area contributed by atoms with Crippen LogP contribution in [0.1, 0.15) is 28.3 Å². The van der Waals surface area contributed by atoms with E-state index in [1.807, 2.05) is 18.2 Å². The van der Waals surface area contributed by atoms with Gasteiger partial charge in [-0.05, 0) is 37.6 Å². The highest BCUT2D eigenvalue weighted by Crippen LogP contribution is 2.26. The van der Waals surface area contributed by atoms with Gasteiger partial charge in [0.05, 0.1) is 0 Å². The second kappa shape index (κ2) is 3.93. The Hall–Kier alpha value is -1.15. The Bertz CT molecular complexity index is 335. The van der Waals surface area contributed by atoms with Crippen LogP contribution >= 0.6 is 0 Å². The monoisotopic (exact) mass is 189 g/mol. The molecule has 14 heavy (non-hydrogen) atoms. The summed E-state index contributed by atoms with van der Waals surface area (Å²) in [6.45, 7) is 2.28. The van der Waals surface area contributed by atoms with Crippen LogP contribution in [0.2, 0.25) is 0 Å². The molecule has 0 bridgehead atoms. The second-order valence-corrected chi connectivity index (χ2v) is 4.04. The molecule has 1 aliphatic rings. The average molecular weight is 189 g/mol. The summed E-state index contributed by atoms with van der Waals surface area (Å²) >= 11 is 0. The number of likely N-dealkylation sites (tertiary alicyclic amines) is 1. The molecule has 0 spiro atoms. The van der Waals surface area contributed by atoms with E-state index in [0.717, 1.165) is 24.9 Å². The third-order valence-electron chi connectivity index (χ3n) is 2.91. The number of nitrogens with zero attached hydrogens (tertiary/aromatic N) is 1. The predicted molar refractivity (Wildman–Crippen MR) is 56.7 cm³/mol. The van der Waals surface area contributed by atoms with Gasteiger partial charge in [0.25, 0.3) is 0 Å². The molecule has 1 fully saturated rings. The molecule has 0 amide bonds. The van der Waals surface area contributed by atoms with Crippen LogP contribution in [0.4, 0.5) is 0 Å². The van der Waals surface area contributed by atoms with E-state index in [1.165, 1.54) is 12.0 Å². The van der Waals surface area contributed by atoms with Gasteiger partial charge in [0.15, 0.2) is 0 Å². The smallest absolute Gasteiger partial charge is 0.150 e. The molecule has 2 nitrogen and oxygen atoms in total. The van der Waals surface area contributed by atoms with Crippen molar-refractivity contribution in [2.75, 3.05) is 20.1 Å². The zero-order valence-corrected chi connectivity index (χ0v) is 8.44. The molecule has 0 aromatic heterocycles. The molecular weight excluding hydrogens is 174 g/mol. The molecule has 1 heterocycles. The summed E-state index contributed by atoms with van der Waals surface area (Å²) in [5, 5.41) is 0. The van der Waals surface area contributed by atoms with Gasteiger partial charge in [-0.15, -0.1) is 0 Å². The number of likely N-dealkylation sites (N-methyl/N-ethyl adjacent to an activating group) is 1. The molecule has 1 aliphatic heterocycles. The molecule has 1 atom stereocenters. The number of rotatable bonds is 2. The topological polar surface area (TPSA) is 20.3 Å². The number of hydrogen-bond acceptors (Lipinski definition) is 2. The third kappa shape index (κ3) is 1.85. The lowest BCUT2D eigenvalue weighted by molar-refractivity contribution is 0.112. The highest BCUT2D eigenvalue weighted by atomic mass is 16.1. The van der Waals surface area contributed by atoms with Crippen molar-refractivity contribution in [1.29, 1.82) is 0 Å². The second-order valence-electron chi connectivity index (χ2n) is 4.04. The van der Waals surface area contributed by atoms with Crippen molar-refractivity contribution in [3.63, 3.8) is 0 Å². The fourth-order valence-corrected chi connectivity index (χ4v) is 2.09. The van der Waals surface area contributed by atoms with Crippen LogP contribution in [0.5, 0.6) is 0 Å². The summed E-state index contributed by atoms with van der Waals surface area (Å²) in [5.41, 5.74) is 2.09. The van der Waals surface area contributed by atoms with Gasteiger partial charge in [0, 0.05) is 12.1 Å². The zero-order chi connectivity index (χ0) is 9.97. The first-order valence-corrected chi connectivity index (χ1v) is 5.03. The predicted octanol–water partition coefficient (Wildman–Crippen LogP) is 1.92. The molecule has 0 N–H and O–H groups in total. The molecule has 2 heteroatoms.